The monoisotopic (exact) mass is 299 g/mol. The van der Waals surface area contributed by atoms with Crippen LogP contribution in [0.4, 0.5) is 5.69 Å². The highest BCUT2D eigenvalue weighted by molar-refractivity contribution is 8.15. The van der Waals surface area contributed by atoms with Crippen LogP contribution in [0, 0.1) is 0 Å². The first-order chi connectivity index (χ1) is 10.3. The minimum atomic E-state index is 0.0100. The highest BCUT2D eigenvalue weighted by atomic mass is 32.2. The Kier molecular flexibility index (Phi) is 3.87. The number of hydrogen-bond donors (Lipinski definition) is 0. The predicted molar refractivity (Wildman–Crippen MR) is 84.7 cm³/mol. The second-order valence-corrected chi connectivity index (χ2v) is 5.34. The third kappa shape index (κ3) is 2.90. The van der Waals surface area contributed by atoms with Crippen molar-refractivity contribution < 1.29 is 9.21 Å². The fourth-order valence-corrected chi connectivity index (χ4v) is 2.74. The van der Waals surface area contributed by atoms with Crippen molar-refractivity contribution in [2.75, 3.05) is 10.7 Å². The summed E-state index contributed by atoms with van der Waals surface area (Å²) in [6.07, 6.45) is 1.59. The zero-order chi connectivity index (χ0) is 14.7. The molecule has 2 aromatic rings. The molecule has 0 spiro atoms. The van der Waals surface area contributed by atoms with E-state index in [2.05, 4.69) is 10.2 Å². The van der Waals surface area contributed by atoms with Crippen LogP contribution in [-0.2, 0) is 4.79 Å². The van der Waals surface area contributed by atoms with Gasteiger partial charge in [-0.3, -0.25) is 9.69 Å². The molecule has 0 aliphatic carbocycles. The van der Waals surface area contributed by atoms with Crippen LogP contribution in [0.25, 0.3) is 0 Å². The fraction of sp³-hybridized carbons (Fsp3) is 0.133. The van der Waals surface area contributed by atoms with E-state index >= 15 is 0 Å². The molecule has 0 saturated carbocycles. The molecular weight excluding hydrogens is 286 g/mol. The van der Waals surface area contributed by atoms with E-state index in [1.807, 2.05) is 43.3 Å². The van der Waals surface area contributed by atoms with E-state index in [0.29, 0.717) is 22.4 Å². The van der Waals surface area contributed by atoms with Crippen LogP contribution in [-0.4, -0.2) is 22.5 Å². The summed E-state index contributed by atoms with van der Waals surface area (Å²) in [4.78, 5) is 13.6. The summed E-state index contributed by atoms with van der Waals surface area (Å²) < 4.78 is 5.26. The predicted octanol–water partition coefficient (Wildman–Crippen LogP) is 3.14. The number of amidine groups is 1. The maximum atomic E-state index is 12.0. The number of rotatable bonds is 3. The first kappa shape index (κ1) is 13.6. The molecule has 21 heavy (non-hydrogen) atoms. The minimum absolute atomic E-state index is 0.0100. The number of hydrogen-bond acceptors (Lipinski definition) is 5. The maximum Gasteiger partial charge on any atom is 0.243 e. The van der Waals surface area contributed by atoms with Gasteiger partial charge in [0.15, 0.2) is 5.17 Å². The lowest BCUT2D eigenvalue weighted by Gasteiger charge is -2.14. The maximum absolute atomic E-state index is 12.0. The van der Waals surface area contributed by atoms with Crippen molar-refractivity contribution in [1.82, 2.24) is 0 Å². The molecule has 1 fully saturated rings. The normalized spacial score (nSPS) is 17.8. The zero-order valence-corrected chi connectivity index (χ0v) is 12.2. The van der Waals surface area contributed by atoms with Gasteiger partial charge in [-0.1, -0.05) is 30.0 Å². The second-order valence-electron chi connectivity index (χ2n) is 4.40. The van der Waals surface area contributed by atoms with Gasteiger partial charge in [-0.05, 0) is 31.2 Å². The average molecular weight is 299 g/mol. The van der Waals surface area contributed by atoms with Crippen LogP contribution >= 0.6 is 11.8 Å². The molecule has 0 atom stereocenters. The van der Waals surface area contributed by atoms with Gasteiger partial charge in [-0.25, -0.2) is 0 Å². The summed E-state index contributed by atoms with van der Waals surface area (Å²) >= 11 is 1.38. The second kappa shape index (κ2) is 5.97. The third-order valence-corrected chi connectivity index (χ3v) is 3.86. The molecule has 1 aromatic heterocycles. The molecule has 0 radical (unpaired) electrons. The minimum Gasteiger partial charge on any atom is -0.463 e. The number of para-hydroxylation sites is 1. The number of carbonyl (C=O) groups is 1. The first-order valence-electron chi connectivity index (χ1n) is 6.42. The standard InChI is InChI=1S/C15H13N3O2S/c1-11(13-8-5-9-20-13)16-17-15-18(14(19)10-21-15)12-6-3-2-4-7-12/h2-9H,10H2,1H3/b16-11+,17-15-. The molecule has 5 nitrogen and oxygen atoms in total. The summed E-state index contributed by atoms with van der Waals surface area (Å²) in [6.45, 7) is 1.82. The lowest BCUT2D eigenvalue weighted by Crippen LogP contribution is -2.28. The largest absolute Gasteiger partial charge is 0.463 e. The van der Waals surface area contributed by atoms with Crippen LogP contribution in [0.3, 0.4) is 0 Å². The number of thioether (sulfide) groups is 1. The lowest BCUT2D eigenvalue weighted by atomic mass is 10.3. The van der Waals surface area contributed by atoms with Crippen molar-refractivity contribution in [2.45, 2.75) is 6.92 Å². The number of carbonyl (C=O) groups excluding carboxylic acids is 1. The van der Waals surface area contributed by atoms with Crippen molar-refractivity contribution in [1.29, 1.82) is 0 Å². The molecule has 0 N–H and O–H groups in total. The number of nitrogens with zero attached hydrogens (tertiary/aromatic N) is 3. The number of anilines is 1. The molecule has 1 aliphatic rings. The van der Waals surface area contributed by atoms with Gasteiger partial charge in [0, 0.05) is 0 Å². The molecule has 106 valence electrons. The van der Waals surface area contributed by atoms with E-state index in [9.17, 15) is 4.79 Å². The Hall–Kier alpha value is -2.34. The zero-order valence-electron chi connectivity index (χ0n) is 11.4. The van der Waals surface area contributed by atoms with Crippen LogP contribution in [0.1, 0.15) is 12.7 Å². The van der Waals surface area contributed by atoms with Gasteiger partial charge in [0.2, 0.25) is 5.91 Å². The van der Waals surface area contributed by atoms with E-state index in [1.54, 1.807) is 17.2 Å². The molecular formula is C15H13N3O2S. The fourth-order valence-electron chi connectivity index (χ4n) is 1.92. The van der Waals surface area contributed by atoms with Crippen molar-refractivity contribution in [3.63, 3.8) is 0 Å². The van der Waals surface area contributed by atoms with Gasteiger partial charge in [0.1, 0.15) is 11.5 Å². The van der Waals surface area contributed by atoms with E-state index in [4.69, 9.17) is 4.42 Å². The summed E-state index contributed by atoms with van der Waals surface area (Å²) in [5, 5.41) is 8.94. The van der Waals surface area contributed by atoms with Crippen molar-refractivity contribution in [3.8, 4) is 0 Å². The Bertz CT molecular complexity index is 693. The van der Waals surface area contributed by atoms with Crippen LogP contribution in [0.2, 0.25) is 0 Å². The summed E-state index contributed by atoms with van der Waals surface area (Å²) in [6, 6.07) is 13.1. The third-order valence-electron chi connectivity index (χ3n) is 2.94. The van der Waals surface area contributed by atoms with Crippen LogP contribution in [0.5, 0.6) is 0 Å². The summed E-state index contributed by atoms with van der Waals surface area (Å²) in [5.74, 6) is 1.05. The van der Waals surface area contributed by atoms with Gasteiger partial charge < -0.3 is 4.42 Å². The quantitative estimate of drug-likeness (QED) is 0.646. The SMILES string of the molecule is C/C(=N\N=C1/SCC(=O)N1c1ccccc1)c1ccco1. The molecule has 3 rings (SSSR count). The van der Waals surface area contributed by atoms with Crippen molar-refractivity contribution in [2.24, 2.45) is 10.2 Å². The van der Waals surface area contributed by atoms with Gasteiger partial charge in [-0.2, -0.15) is 0 Å². The smallest absolute Gasteiger partial charge is 0.243 e. The first-order valence-corrected chi connectivity index (χ1v) is 7.41. The number of benzene rings is 1. The van der Waals surface area contributed by atoms with E-state index < -0.39 is 0 Å². The molecule has 2 heterocycles. The van der Waals surface area contributed by atoms with Gasteiger partial charge in [-0.15, -0.1) is 10.2 Å². The Morgan fingerprint density at radius 3 is 2.76 bits per heavy atom. The Labute approximate surface area is 126 Å². The Morgan fingerprint density at radius 1 is 1.24 bits per heavy atom. The van der Waals surface area contributed by atoms with E-state index in [1.165, 1.54) is 11.8 Å². The van der Waals surface area contributed by atoms with Crippen molar-refractivity contribution in [3.05, 3.63) is 54.5 Å². The van der Waals surface area contributed by atoms with Gasteiger partial charge in [0.05, 0.1) is 17.7 Å². The molecule has 1 aromatic carbocycles. The molecule has 0 unspecified atom stereocenters. The van der Waals surface area contributed by atoms with Crippen LogP contribution in [0.15, 0.2) is 63.3 Å². The molecule has 1 amide bonds. The topological polar surface area (TPSA) is 58.2 Å². The highest BCUT2D eigenvalue weighted by Gasteiger charge is 2.29. The summed E-state index contributed by atoms with van der Waals surface area (Å²) in [7, 11) is 0. The molecule has 6 heteroatoms. The molecule has 0 bridgehead atoms. The molecule has 1 aliphatic heterocycles. The highest BCUT2D eigenvalue weighted by Crippen LogP contribution is 2.26. The lowest BCUT2D eigenvalue weighted by molar-refractivity contribution is -0.115. The van der Waals surface area contributed by atoms with Crippen molar-refractivity contribution >= 4 is 34.2 Å². The number of amides is 1. The Morgan fingerprint density at radius 2 is 2.05 bits per heavy atom. The Balaban J connectivity index is 1.89. The van der Waals surface area contributed by atoms with Gasteiger partial charge >= 0.3 is 0 Å². The summed E-state index contributed by atoms with van der Waals surface area (Å²) in [5.41, 5.74) is 1.47. The van der Waals surface area contributed by atoms with E-state index in [0.717, 1.165) is 5.69 Å². The molecule has 1 saturated heterocycles. The van der Waals surface area contributed by atoms with Gasteiger partial charge in [0.25, 0.3) is 0 Å². The number of furan rings is 1. The van der Waals surface area contributed by atoms with E-state index in [-0.39, 0.29) is 5.91 Å². The average Bonchev–Trinajstić information content (AvgIpc) is 3.15. The van der Waals surface area contributed by atoms with Crippen LogP contribution < -0.4 is 4.90 Å².